The fourth-order valence-electron chi connectivity index (χ4n) is 2.40. The topological polar surface area (TPSA) is 144 Å². The number of carbonyl (C=O) groups is 2. The van der Waals surface area contributed by atoms with E-state index in [-0.39, 0.29) is 28.6 Å². The summed E-state index contributed by atoms with van der Waals surface area (Å²) in [5.74, 6) is -0.759. The minimum absolute atomic E-state index is 0.0905. The number of rotatable bonds is 4. The quantitative estimate of drug-likeness (QED) is 0.589. The van der Waals surface area contributed by atoms with E-state index in [1.807, 2.05) is 6.07 Å². The molecule has 0 spiro atoms. The predicted octanol–water partition coefficient (Wildman–Crippen LogP) is 2.76. The summed E-state index contributed by atoms with van der Waals surface area (Å²) in [6, 6.07) is 9.77. The zero-order valence-electron chi connectivity index (χ0n) is 14.3. The number of anilines is 3. The number of nitrogens with one attached hydrogen (secondary N) is 1. The van der Waals surface area contributed by atoms with Crippen LogP contribution in [0.1, 0.15) is 32.5 Å². The molecule has 9 heteroatoms. The molecule has 0 unspecified atom stereocenters. The molecule has 8 nitrogen and oxygen atoms in total. The Morgan fingerprint density at radius 1 is 1.30 bits per heavy atom. The van der Waals surface area contributed by atoms with Crippen LogP contribution in [0.25, 0.3) is 10.2 Å². The number of pyridine rings is 1. The van der Waals surface area contributed by atoms with Crippen molar-refractivity contribution in [2.75, 3.05) is 23.4 Å². The van der Waals surface area contributed by atoms with E-state index in [4.69, 9.17) is 21.5 Å². The van der Waals surface area contributed by atoms with E-state index in [0.717, 1.165) is 11.3 Å². The average molecular weight is 381 g/mol. The standard InChI is InChI=1S/C18H15N5O3S/c1-2-26-18(25)9-3-5-11(6-4-9)22-16(24)14-13(20)12-7-10(8-19)15(21)23-17(12)27-14/h3-7H,2,20H2,1H3,(H2,21,23)(H,22,24). The third kappa shape index (κ3) is 3.51. The second-order valence-corrected chi connectivity index (χ2v) is 6.48. The van der Waals surface area contributed by atoms with Crippen molar-refractivity contribution in [1.82, 2.24) is 4.98 Å². The highest BCUT2D eigenvalue weighted by Crippen LogP contribution is 2.34. The molecule has 0 radical (unpaired) electrons. The SMILES string of the molecule is CCOC(=O)c1ccc(NC(=O)c2sc3nc(N)c(C#N)cc3c2N)cc1. The van der Waals surface area contributed by atoms with Gasteiger partial charge >= 0.3 is 5.97 Å². The Labute approximate surface area is 158 Å². The molecular weight excluding hydrogens is 366 g/mol. The summed E-state index contributed by atoms with van der Waals surface area (Å²) in [6.07, 6.45) is 0. The molecule has 5 N–H and O–H groups in total. The van der Waals surface area contributed by atoms with Gasteiger partial charge in [-0.15, -0.1) is 11.3 Å². The molecule has 136 valence electrons. The van der Waals surface area contributed by atoms with Gasteiger partial charge in [-0.3, -0.25) is 4.79 Å². The first-order valence-electron chi connectivity index (χ1n) is 7.91. The van der Waals surface area contributed by atoms with Gasteiger partial charge in [0.15, 0.2) is 0 Å². The second kappa shape index (κ2) is 7.31. The molecule has 0 aliphatic carbocycles. The van der Waals surface area contributed by atoms with Crippen LogP contribution in [0.5, 0.6) is 0 Å². The van der Waals surface area contributed by atoms with Crippen LogP contribution in [0, 0.1) is 11.3 Å². The maximum atomic E-state index is 12.6. The molecule has 0 aliphatic rings. The van der Waals surface area contributed by atoms with Crippen molar-refractivity contribution in [2.45, 2.75) is 6.92 Å². The number of amides is 1. The Hall–Kier alpha value is -3.64. The molecule has 3 rings (SSSR count). The summed E-state index contributed by atoms with van der Waals surface area (Å²) in [7, 11) is 0. The molecule has 0 fully saturated rings. The van der Waals surface area contributed by atoms with Gasteiger partial charge in [-0.05, 0) is 37.3 Å². The average Bonchev–Trinajstić information content (AvgIpc) is 2.97. The Morgan fingerprint density at radius 3 is 2.63 bits per heavy atom. The van der Waals surface area contributed by atoms with Gasteiger partial charge in [0, 0.05) is 11.1 Å². The number of nitrogen functional groups attached to an aromatic ring is 2. The zero-order chi connectivity index (χ0) is 19.6. The molecule has 1 aromatic carbocycles. The van der Waals surface area contributed by atoms with E-state index in [2.05, 4.69) is 10.3 Å². The molecule has 27 heavy (non-hydrogen) atoms. The summed E-state index contributed by atoms with van der Waals surface area (Å²) in [4.78, 5) is 29.1. The van der Waals surface area contributed by atoms with Crippen molar-refractivity contribution in [3.8, 4) is 6.07 Å². The van der Waals surface area contributed by atoms with Crippen LogP contribution in [0.4, 0.5) is 17.2 Å². The molecule has 3 aromatic rings. The van der Waals surface area contributed by atoms with E-state index in [1.165, 1.54) is 6.07 Å². The number of thiophene rings is 1. The molecule has 0 saturated carbocycles. The summed E-state index contributed by atoms with van der Waals surface area (Å²) in [6.45, 7) is 2.01. The lowest BCUT2D eigenvalue weighted by atomic mass is 10.2. The number of nitrogens with two attached hydrogens (primary N) is 2. The number of hydrogen-bond acceptors (Lipinski definition) is 8. The molecular formula is C18H15N5O3S. The number of nitriles is 1. The lowest BCUT2D eigenvalue weighted by Gasteiger charge is -2.06. The molecule has 1 amide bonds. The highest BCUT2D eigenvalue weighted by Gasteiger charge is 2.19. The number of hydrogen-bond donors (Lipinski definition) is 3. The molecule has 0 atom stereocenters. The number of benzene rings is 1. The van der Waals surface area contributed by atoms with Gasteiger partial charge in [-0.2, -0.15) is 5.26 Å². The number of ether oxygens (including phenoxy) is 1. The maximum Gasteiger partial charge on any atom is 0.338 e. The maximum absolute atomic E-state index is 12.6. The second-order valence-electron chi connectivity index (χ2n) is 5.48. The van der Waals surface area contributed by atoms with E-state index in [1.54, 1.807) is 31.2 Å². The summed E-state index contributed by atoms with van der Waals surface area (Å²) in [5, 5.41) is 12.3. The first-order chi connectivity index (χ1) is 12.9. The lowest BCUT2D eigenvalue weighted by molar-refractivity contribution is 0.0526. The Balaban J connectivity index is 1.85. The van der Waals surface area contributed by atoms with E-state index in [0.29, 0.717) is 21.5 Å². The van der Waals surface area contributed by atoms with Crippen molar-refractivity contribution in [2.24, 2.45) is 0 Å². The first kappa shape index (κ1) is 18.2. The Kier molecular flexibility index (Phi) is 4.92. The summed E-state index contributed by atoms with van der Waals surface area (Å²) in [5.41, 5.74) is 13.1. The number of carbonyl (C=O) groups excluding carboxylic acids is 2. The van der Waals surface area contributed by atoms with Crippen molar-refractivity contribution >= 4 is 50.6 Å². The smallest absolute Gasteiger partial charge is 0.338 e. The Bertz CT molecular complexity index is 1080. The zero-order valence-corrected chi connectivity index (χ0v) is 15.1. The molecule has 0 saturated heterocycles. The molecule has 0 bridgehead atoms. The van der Waals surface area contributed by atoms with Crippen LogP contribution in [0.2, 0.25) is 0 Å². The number of nitrogens with zero attached hydrogens (tertiary/aromatic N) is 2. The van der Waals surface area contributed by atoms with Crippen LogP contribution in [-0.4, -0.2) is 23.5 Å². The molecule has 0 aliphatic heterocycles. The monoisotopic (exact) mass is 381 g/mol. The third-order valence-electron chi connectivity index (χ3n) is 3.73. The van der Waals surface area contributed by atoms with Gasteiger partial charge in [0.25, 0.3) is 5.91 Å². The number of fused-ring (bicyclic) bond motifs is 1. The van der Waals surface area contributed by atoms with Crippen molar-refractivity contribution < 1.29 is 14.3 Å². The van der Waals surface area contributed by atoms with E-state index < -0.39 is 11.9 Å². The number of esters is 1. The van der Waals surface area contributed by atoms with Crippen molar-refractivity contribution in [1.29, 1.82) is 5.26 Å². The molecule has 2 aromatic heterocycles. The van der Waals surface area contributed by atoms with Gasteiger partial charge < -0.3 is 21.5 Å². The minimum atomic E-state index is -0.430. The van der Waals surface area contributed by atoms with Gasteiger partial charge in [-0.1, -0.05) is 0 Å². The minimum Gasteiger partial charge on any atom is -0.462 e. The van der Waals surface area contributed by atoms with Gasteiger partial charge in [0.1, 0.15) is 21.6 Å². The van der Waals surface area contributed by atoms with E-state index >= 15 is 0 Å². The van der Waals surface area contributed by atoms with Gasteiger partial charge in [-0.25, -0.2) is 9.78 Å². The van der Waals surface area contributed by atoms with Crippen LogP contribution in [-0.2, 0) is 4.74 Å². The largest absolute Gasteiger partial charge is 0.462 e. The van der Waals surface area contributed by atoms with Crippen LogP contribution in [0.3, 0.4) is 0 Å². The summed E-state index contributed by atoms with van der Waals surface area (Å²) < 4.78 is 4.91. The highest BCUT2D eigenvalue weighted by atomic mass is 32.1. The normalized spacial score (nSPS) is 10.4. The van der Waals surface area contributed by atoms with Crippen LogP contribution in [0.15, 0.2) is 30.3 Å². The Morgan fingerprint density at radius 2 is 2.00 bits per heavy atom. The van der Waals surface area contributed by atoms with Gasteiger partial charge in [0.2, 0.25) is 0 Å². The molecule has 2 heterocycles. The van der Waals surface area contributed by atoms with Crippen molar-refractivity contribution in [3.63, 3.8) is 0 Å². The van der Waals surface area contributed by atoms with Crippen LogP contribution >= 0.6 is 11.3 Å². The highest BCUT2D eigenvalue weighted by molar-refractivity contribution is 7.21. The fourth-order valence-corrected chi connectivity index (χ4v) is 3.38. The predicted molar refractivity (Wildman–Crippen MR) is 104 cm³/mol. The fraction of sp³-hybridized carbons (Fsp3) is 0.111. The number of aromatic nitrogens is 1. The summed E-state index contributed by atoms with van der Waals surface area (Å²) >= 11 is 1.09. The van der Waals surface area contributed by atoms with Crippen molar-refractivity contribution in [3.05, 3.63) is 46.3 Å². The van der Waals surface area contributed by atoms with Gasteiger partial charge in [0.05, 0.1) is 23.4 Å². The lowest BCUT2D eigenvalue weighted by Crippen LogP contribution is -2.12. The first-order valence-corrected chi connectivity index (χ1v) is 8.73. The third-order valence-corrected chi connectivity index (χ3v) is 4.85. The van der Waals surface area contributed by atoms with Crippen LogP contribution < -0.4 is 16.8 Å². The van der Waals surface area contributed by atoms with E-state index in [9.17, 15) is 9.59 Å².